The van der Waals surface area contributed by atoms with Gasteiger partial charge < -0.3 is 15.4 Å². The fourth-order valence-electron chi connectivity index (χ4n) is 3.81. The Balaban J connectivity index is 1.50. The number of carbonyl (C=O) groups excluding carboxylic acids is 2. The lowest BCUT2D eigenvalue weighted by atomic mass is 10.0. The van der Waals surface area contributed by atoms with E-state index in [4.69, 9.17) is 16.3 Å². The molecule has 0 aliphatic carbocycles. The highest BCUT2D eigenvalue weighted by molar-refractivity contribution is 6.30. The highest BCUT2D eigenvalue weighted by Crippen LogP contribution is 2.25. The Morgan fingerprint density at radius 3 is 2.32 bits per heavy atom. The standard InChI is InChI=1S/C24H30ClN3O3/c1-31-21-11-7-18(8-12-21)22(28-15-3-2-4-16-28)17-27-23(29)13-14-26-24(30)19-5-9-20(25)10-6-19/h5-12,22H,2-4,13-17H2,1H3,(H,26,30)(H,27,29). The molecule has 1 fully saturated rings. The molecule has 0 radical (unpaired) electrons. The van der Waals surface area contributed by atoms with Crippen molar-refractivity contribution in [3.8, 4) is 5.75 Å². The van der Waals surface area contributed by atoms with Gasteiger partial charge in [0.15, 0.2) is 0 Å². The van der Waals surface area contributed by atoms with Crippen LogP contribution in [0.2, 0.25) is 5.02 Å². The predicted molar refractivity (Wildman–Crippen MR) is 123 cm³/mol. The second kappa shape index (κ2) is 11.7. The van der Waals surface area contributed by atoms with Gasteiger partial charge in [0.1, 0.15) is 5.75 Å². The molecule has 0 saturated carbocycles. The highest BCUT2D eigenvalue weighted by Gasteiger charge is 2.23. The molecule has 0 aromatic heterocycles. The van der Waals surface area contributed by atoms with E-state index in [0.29, 0.717) is 17.1 Å². The molecule has 1 aliphatic heterocycles. The molecule has 1 atom stereocenters. The fraction of sp³-hybridized carbons (Fsp3) is 0.417. The number of rotatable bonds is 9. The number of ether oxygens (including phenoxy) is 1. The van der Waals surface area contributed by atoms with Gasteiger partial charge in [-0.3, -0.25) is 14.5 Å². The third-order valence-electron chi connectivity index (χ3n) is 5.57. The van der Waals surface area contributed by atoms with Gasteiger partial charge in [0.2, 0.25) is 5.91 Å². The van der Waals surface area contributed by atoms with Crippen LogP contribution >= 0.6 is 11.6 Å². The maximum absolute atomic E-state index is 12.4. The Morgan fingerprint density at radius 2 is 1.68 bits per heavy atom. The van der Waals surface area contributed by atoms with Crippen molar-refractivity contribution < 1.29 is 14.3 Å². The molecule has 0 bridgehead atoms. The molecule has 2 aromatic carbocycles. The quantitative estimate of drug-likeness (QED) is 0.618. The lowest BCUT2D eigenvalue weighted by molar-refractivity contribution is -0.121. The summed E-state index contributed by atoms with van der Waals surface area (Å²) in [5.74, 6) is 0.530. The summed E-state index contributed by atoms with van der Waals surface area (Å²) in [5, 5.41) is 6.40. The van der Waals surface area contributed by atoms with Gasteiger partial charge in [-0.05, 0) is 67.9 Å². The molecule has 2 N–H and O–H groups in total. The van der Waals surface area contributed by atoms with Crippen LogP contribution in [0.4, 0.5) is 0 Å². The molecule has 1 saturated heterocycles. The third-order valence-corrected chi connectivity index (χ3v) is 5.82. The summed E-state index contributed by atoms with van der Waals surface area (Å²) in [7, 11) is 1.66. The van der Waals surface area contributed by atoms with E-state index in [1.807, 2.05) is 12.1 Å². The summed E-state index contributed by atoms with van der Waals surface area (Å²) >= 11 is 5.84. The van der Waals surface area contributed by atoms with Gasteiger partial charge in [0.25, 0.3) is 5.91 Å². The Morgan fingerprint density at radius 1 is 1.00 bits per heavy atom. The van der Waals surface area contributed by atoms with Gasteiger partial charge in [-0.1, -0.05) is 30.2 Å². The average molecular weight is 444 g/mol. The zero-order valence-electron chi connectivity index (χ0n) is 17.9. The lowest BCUT2D eigenvalue weighted by Crippen LogP contribution is -2.41. The zero-order chi connectivity index (χ0) is 22.1. The number of nitrogens with zero attached hydrogens (tertiary/aromatic N) is 1. The molecular formula is C24H30ClN3O3. The van der Waals surface area contributed by atoms with Crippen LogP contribution in [0.15, 0.2) is 48.5 Å². The van der Waals surface area contributed by atoms with Crippen LogP contribution < -0.4 is 15.4 Å². The number of likely N-dealkylation sites (tertiary alicyclic amines) is 1. The van der Waals surface area contributed by atoms with Crippen LogP contribution in [0.5, 0.6) is 5.75 Å². The van der Waals surface area contributed by atoms with Crippen LogP contribution in [0.1, 0.15) is 47.6 Å². The number of benzene rings is 2. The first-order chi connectivity index (χ1) is 15.1. The molecule has 3 rings (SSSR count). The number of methoxy groups -OCH3 is 1. The van der Waals surface area contributed by atoms with E-state index in [1.54, 1.807) is 31.4 Å². The third kappa shape index (κ3) is 6.97. The SMILES string of the molecule is COc1ccc(C(CNC(=O)CCNC(=O)c2ccc(Cl)cc2)N2CCCCC2)cc1. The normalized spacial score (nSPS) is 15.2. The maximum atomic E-state index is 12.4. The molecule has 31 heavy (non-hydrogen) atoms. The fourth-order valence-corrected chi connectivity index (χ4v) is 3.93. The van der Waals surface area contributed by atoms with E-state index in [0.717, 1.165) is 18.8 Å². The minimum atomic E-state index is -0.214. The van der Waals surface area contributed by atoms with Gasteiger partial charge in [-0.2, -0.15) is 0 Å². The van der Waals surface area contributed by atoms with Crippen LogP contribution in [-0.4, -0.2) is 50.0 Å². The Bertz CT molecular complexity index is 849. The largest absolute Gasteiger partial charge is 0.497 e. The summed E-state index contributed by atoms with van der Waals surface area (Å²) in [4.78, 5) is 27.0. The molecular weight excluding hydrogens is 414 g/mol. The number of nitrogens with one attached hydrogen (secondary N) is 2. The molecule has 1 aliphatic rings. The van der Waals surface area contributed by atoms with Crippen molar-refractivity contribution in [3.05, 3.63) is 64.7 Å². The van der Waals surface area contributed by atoms with Crippen molar-refractivity contribution in [2.75, 3.05) is 33.3 Å². The molecule has 1 unspecified atom stereocenters. The van der Waals surface area contributed by atoms with Gasteiger partial charge in [-0.25, -0.2) is 0 Å². The number of amides is 2. The molecule has 7 heteroatoms. The first-order valence-corrected chi connectivity index (χ1v) is 11.1. The first-order valence-electron chi connectivity index (χ1n) is 10.8. The number of halogens is 1. The van der Waals surface area contributed by atoms with E-state index in [-0.39, 0.29) is 30.8 Å². The number of hydrogen-bond acceptors (Lipinski definition) is 4. The molecule has 6 nitrogen and oxygen atoms in total. The zero-order valence-corrected chi connectivity index (χ0v) is 18.7. The molecule has 2 amide bonds. The number of piperidine rings is 1. The minimum Gasteiger partial charge on any atom is -0.497 e. The maximum Gasteiger partial charge on any atom is 0.251 e. The second-order valence-corrected chi connectivity index (χ2v) is 8.14. The average Bonchev–Trinajstić information content (AvgIpc) is 2.80. The molecule has 166 valence electrons. The summed E-state index contributed by atoms with van der Waals surface area (Å²) < 4.78 is 5.27. The summed E-state index contributed by atoms with van der Waals surface area (Å²) in [5.41, 5.74) is 1.69. The van der Waals surface area contributed by atoms with Gasteiger partial charge in [0, 0.05) is 30.1 Å². The summed E-state index contributed by atoms with van der Waals surface area (Å²) in [6.45, 7) is 2.88. The van der Waals surface area contributed by atoms with Crippen molar-refractivity contribution in [2.24, 2.45) is 0 Å². The van der Waals surface area contributed by atoms with Crippen molar-refractivity contribution in [2.45, 2.75) is 31.7 Å². The topological polar surface area (TPSA) is 70.7 Å². The van der Waals surface area contributed by atoms with E-state index < -0.39 is 0 Å². The Hall–Kier alpha value is -2.57. The van der Waals surface area contributed by atoms with E-state index >= 15 is 0 Å². The van der Waals surface area contributed by atoms with E-state index in [2.05, 4.69) is 27.7 Å². The van der Waals surface area contributed by atoms with Crippen LogP contribution in [0, 0.1) is 0 Å². The monoisotopic (exact) mass is 443 g/mol. The first kappa shape index (κ1) is 23.1. The Labute approximate surface area is 188 Å². The molecule has 1 heterocycles. The predicted octanol–water partition coefficient (Wildman–Crippen LogP) is 3.81. The highest BCUT2D eigenvalue weighted by atomic mass is 35.5. The van der Waals surface area contributed by atoms with Crippen molar-refractivity contribution in [1.82, 2.24) is 15.5 Å². The van der Waals surface area contributed by atoms with Gasteiger partial charge >= 0.3 is 0 Å². The smallest absolute Gasteiger partial charge is 0.251 e. The van der Waals surface area contributed by atoms with Crippen molar-refractivity contribution in [3.63, 3.8) is 0 Å². The molecule has 0 spiro atoms. The van der Waals surface area contributed by atoms with Crippen LogP contribution in [0.25, 0.3) is 0 Å². The second-order valence-electron chi connectivity index (χ2n) is 7.70. The molecule has 2 aromatic rings. The number of hydrogen-bond donors (Lipinski definition) is 2. The van der Waals surface area contributed by atoms with Crippen molar-refractivity contribution in [1.29, 1.82) is 0 Å². The van der Waals surface area contributed by atoms with E-state index in [9.17, 15) is 9.59 Å². The minimum absolute atomic E-state index is 0.0769. The van der Waals surface area contributed by atoms with Gasteiger partial charge in [0.05, 0.1) is 13.2 Å². The van der Waals surface area contributed by atoms with Crippen LogP contribution in [0.3, 0.4) is 0 Å². The van der Waals surface area contributed by atoms with Crippen molar-refractivity contribution >= 4 is 23.4 Å². The lowest BCUT2D eigenvalue weighted by Gasteiger charge is -2.35. The van der Waals surface area contributed by atoms with E-state index in [1.165, 1.54) is 24.8 Å². The summed E-state index contributed by atoms with van der Waals surface area (Å²) in [6.07, 6.45) is 3.84. The number of carbonyl (C=O) groups is 2. The Kier molecular flexibility index (Phi) is 8.74. The summed E-state index contributed by atoms with van der Waals surface area (Å²) in [6, 6.07) is 14.8. The van der Waals surface area contributed by atoms with Crippen LogP contribution in [-0.2, 0) is 4.79 Å². The van der Waals surface area contributed by atoms with Gasteiger partial charge in [-0.15, -0.1) is 0 Å².